The van der Waals surface area contributed by atoms with Crippen molar-refractivity contribution in [3.05, 3.63) is 29.6 Å². The molecule has 1 aliphatic rings. The topological polar surface area (TPSA) is 66.9 Å². The monoisotopic (exact) mass is 366 g/mol. The standard InChI is InChI=1S/C17H22N4OS.ClH/c1-12(14-3-2-8-18-10-14)9-17(22)19-15-6-4-13(5-7-15)16-11-23-21-20-16;/h4-7,11-12,14,18H,2-3,8-10H2,1H3,(H,19,22);1H. The normalized spacial score (nSPS) is 18.5. The van der Waals surface area contributed by atoms with E-state index in [-0.39, 0.29) is 18.3 Å². The molecule has 7 heteroatoms. The quantitative estimate of drug-likeness (QED) is 0.848. The molecule has 24 heavy (non-hydrogen) atoms. The van der Waals surface area contributed by atoms with Gasteiger partial charge in [-0.25, -0.2) is 0 Å². The van der Waals surface area contributed by atoms with Gasteiger partial charge in [0.15, 0.2) is 0 Å². The van der Waals surface area contributed by atoms with Crippen LogP contribution < -0.4 is 10.6 Å². The molecule has 1 saturated heterocycles. The van der Waals surface area contributed by atoms with Gasteiger partial charge >= 0.3 is 0 Å². The van der Waals surface area contributed by atoms with E-state index in [9.17, 15) is 4.79 Å². The zero-order valence-electron chi connectivity index (χ0n) is 13.7. The molecule has 0 spiro atoms. The van der Waals surface area contributed by atoms with Crippen LogP contribution in [-0.4, -0.2) is 28.6 Å². The number of hydrogen-bond acceptors (Lipinski definition) is 5. The van der Waals surface area contributed by atoms with Crippen molar-refractivity contribution in [1.29, 1.82) is 0 Å². The van der Waals surface area contributed by atoms with E-state index in [1.807, 2.05) is 29.6 Å². The average molecular weight is 367 g/mol. The zero-order valence-corrected chi connectivity index (χ0v) is 15.3. The van der Waals surface area contributed by atoms with Crippen LogP contribution in [-0.2, 0) is 4.79 Å². The maximum absolute atomic E-state index is 12.2. The first kappa shape index (κ1) is 18.8. The number of nitrogens with zero attached hydrogens (tertiary/aromatic N) is 2. The van der Waals surface area contributed by atoms with Crippen LogP contribution in [0.5, 0.6) is 0 Å². The lowest BCUT2D eigenvalue weighted by molar-refractivity contribution is -0.117. The fraction of sp³-hybridized carbons (Fsp3) is 0.471. The SMILES string of the molecule is CC(CC(=O)Nc1ccc(-c2csnn2)cc1)C1CCCNC1.Cl. The smallest absolute Gasteiger partial charge is 0.224 e. The number of carbonyl (C=O) groups is 1. The summed E-state index contributed by atoms with van der Waals surface area (Å²) >= 11 is 1.33. The van der Waals surface area contributed by atoms with E-state index in [2.05, 4.69) is 27.1 Å². The molecular weight excluding hydrogens is 344 g/mol. The highest BCUT2D eigenvalue weighted by Gasteiger charge is 2.22. The molecule has 0 radical (unpaired) electrons. The van der Waals surface area contributed by atoms with Gasteiger partial charge in [0.2, 0.25) is 5.91 Å². The molecule has 0 saturated carbocycles. The number of aromatic nitrogens is 2. The molecule has 5 nitrogen and oxygen atoms in total. The van der Waals surface area contributed by atoms with Gasteiger partial charge < -0.3 is 10.6 Å². The van der Waals surface area contributed by atoms with Gasteiger partial charge in [0.05, 0.1) is 0 Å². The average Bonchev–Trinajstić information content (AvgIpc) is 3.11. The molecule has 1 aromatic heterocycles. The van der Waals surface area contributed by atoms with E-state index >= 15 is 0 Å². The summed E-state index contributed by atoms with van der Waals surface area (Å²) in [6.45, 7) is 4.32. The fourth-order valence-electron chi connectivity index (χ4n) is 3.05. The molecule has 1 aliphatic heterocycles. The molecule has 130 valence electrons. The number of benzene rings is 1. The van der Waals surface area contributed by atoms with Gasteiger partial charge in [-0.05, 0) is 61.4 Å². The summed E-state index contributed by atoms with van der Waals surface area (Å²) < 4.78 is 3.86. The summed E-state index contributed by atoms with van der Waals surface area (Å²) in [4.78, 5) is 12.2. The van der Waals surface area contributed by atoms with Crippen LogP contribution in [0, 0.1) is 11.8 Å². The zero-order chi connectivity index (χ0) is 16.1. The highest BCUT2D eigenvalue weighted by atomic mass is 35.5. The van der Waals surface area contributed by atoms with Crippen LogP contribution in [0.2, 0.25) is 0 Å². The van der Waals surface area contributed by atoms with Crippen molar-refractivity contribution in [2.75, 3.05) is 18.4 Å². The number of hydrogen-bond donors (Lipinski definition) is 2. The van der Waals surface area contributed by atoms with Crippen LogP contribution in [0.4, 0.5) is 5.69 Å². The molecular formula is C17H23ClN4OS. The predicted molar refractivity (Wildman–Crippen MR) is 101 cm³/mol. The Morgan fingerprint density at radius 3 is 2.83 bits per heavy atom. The van der Waals surface area contributed by atoms with Gasteiger partial charge in [0.25, 0.3) is 0 Å². The number of anilines is 1. The van der Waals surface area contributed by atoms with E-state index in [0.29, 0.717) is 18.3 Å². The Hall–Kier alpha value is -1.50. The number of carbonyl (C=O) groups excluding carboxylic acids is 1. The van der Waals surface area contributed by atoms with Gasteiger partial charge in [-0.1, -0.05) is 23.5 Å². The van der Waals surface area contributed by atoms with Gasteiger partial charge in [0.1, 0.15) is 5.69 Å². The van der Waals surface area contributed by atoms with Crippen LogP contribution in [0.25, 0.3) is 11.3 Å². The lowest BCUT2D eigenvalue weighted by Crippen LogP contribution is -2.34. The van der Waals surface area contributed by atoms with E-state index < -0.39 is 0 Å². The molecule has 2 atom stereocenters. The Bertz CT molecular complexity index is 627. The summed E-state index contributed by atoms with van der Waals surface area (Å²) in [5, 5.41) is 12.4. The lowest BCUT2D eigenvalue weighted by atomic mass is 9.85. The molecule has 2 heterocycles. The number of amides is 1. The number of nitrogens with one attached hydrogen (secondary N) is 2. The van der Waals surface area contributed by atoms with E-state index in [1.165, 1.54) is 24.4 Å². The first-order valence-electron chi connectivity index (χ1n) is 8.10. The molecule has 1 aromatic carbocycles. The molecule has 2 aromatic rings. The highest BCUT2D eigenvalue weighted by molar-refractivity contribution is 7.03. The maximum atomic E-state index is 12.2. The van der Waals surface area contributed by atoms with Crippen molar-refractivity contribution in [2.24, 2.45) is 11.8 Å². The van der Waals surface area contributed by atoms with E-state index in [4.69, 9.17) is 0 Å². The second kappa shape index (κ2) is 9.11. The lowest BCUT2D eigenvalue weighted by Gasteiger charge is -2.28. The summed E-state index contributed by atoms with van der Waals surface area (Å²) in [5.74, 6) is 1.10. The Balaban J connectivity index is 0.00000208. The first-order valence-corrected chi connectivity index (χ1v) is 8.94. The van der Waals surface area contributed by atoms with Crippen LogP contribution in [0.3, 0.4) is 0 Å². The van der Waals surface area contributed by atoms with Crippen molar-refractivity contribution < 1.29 is 4.79 Å². The molecule has 0 aliphatic carbocycles. The Morgan fingerprint density at radius 1 is 1.42 bits per heavy atom. The third-order valence-electron chi connectivity index (χ3n) is 4.47. The third kappa shape index (κ3) is 5.00. The van der Waals surface area contributed by atoms with Crippen molar-refractivity contribution in [1.82, 2.24) is 14.9 Å². The van der Waals surface area contributed by atoms with E-state index in [1.54, 1.807) is 0 Å². The molecule has 0 bridgehead atoms. The minimum atomic E-state index is 0. The third-order valence-corrected chi connectivity index (χ3v) is 4.98. The molecule has 3 rings (SSSR count). The Labute approximate surface area is 152 Å². The number of halogens is 1. The summed E-state index contributed by atoms with van der Waals surface area (Å²) in [6.07, 6.45) is 3.01. The summed E-state index contributed by atoms with van der Waals surface area (Å²) in [5.41, 5.74) is 2.71. The van der Waals surface area contributed by atoms with Crippen LogP contribution in [0.15, 0.2) is 29.6 Å². The van der Waals surface area contributed by atoms with Crippen molar-refractivity contribution in [2.45, 2.75) is 26.2 Å². The molecule has 2 N–H and O–H groups in total. The highest BCUT2D eigenvalue weighted by Crippen LogP contribution is 2.24. The van der Waals surface area contributed by atoms with E-state index in [0.717, 1.165) is 30.0 Å². The van der Waals surface area contributed by atoms with Crippen LogP contribution >= 0.6 is 23.9 Å². The second-order valence-corrected chi connectivity index (χ2v) is 6.81. The number of piperidine rings is 1. The Kier molecular flexibility index (Phi) is 7.15. The molecule has 1 fully saturated rings. The predicted octanol–water partition coefficient (Wildman–Crippen LogP) is 3.59. The largest absolute Gasteiger partial charge is 0.326 e. The summed E-state index contributed by atoms with van der Waals surface area (Å²) in [6, 6.07) is 7.75. The van der Waals surface area contributed by atoms with Crippen LogP contribution in [0.1, 0.15) is 26.2 Å². The molecule has 2 unspecified atom stereocenters. The molecule has 1 amide bonds. The Morgan fingerprint density at radius 2 is 2.21 bits per heavy atom. The fourth-order valence-corrected chi connectivity index (χ4v) is 3.52. The van der Waals surface area contributed by atoms with Gasteiger partial charge in [0, 0.05) is 23.1 Å². The first-order chi connectivity index (χ1) is 11.2. The number of rotatable bonds is 5. The minimum absolute atomic E-state index is 0. The van der Waals surface area contributed by atoms with Crippen molar-refractivity contribution in [3.8, 4) is 11.3 Å². The van der Waals surface area contributed by atoms with Gasteiger partial charge in [-0.2, -0.15) is 0 Å². The summed E-state index contributed by atoms with van der Waals surface area (Å²) in [7, 11) is 0. The second-order valence-electron chi connectivity index (χ2n) is 6.20. The maximum Gasteiger partial charge on any atom is 0.224 e. The van der Waals surface area contributed by atoms with Gasteiger partial charge in [-0.15, -0.1) is 17.5 Å². The van der Waals surface area contributed by atoms with Crippen molar-refractivity contribution >= 4 is 35.5 Å². The van der Waals surface area contributed by atoms with Gasteiger partial charge in [-0.3, -0.25) is 4.79 Å². The van der Waals surface area contributed by atoms with Crippen molar-refractivity contribution in [3.63, 3.8) is 0 Å². The minimum Gasteiger partial charge on any atom is -0.326 e.